The molecule has 0 saturated heterocycles. The first kappa shape index (κ1) is 12.0. The summed E-state index contributed by atoms with van der Waals surface area (Å²) in [5.74, 6) is 0.513. The molecule has 0 N–H and O–H groups in total. The molecule has 0 aliphatic heterocycles. The van der Waals surface area contributed by atoms with Crippen LogP contribution in [-0.2, 0) is 0 Å². The Bertz CT molecular complexity index is 362. The Kier molecular flexibility index (Phi) is 4.91. The van der Waals surface area contributed by atoms with E-state index >= 15 is 0 Å². The molecule has 0 fully saturated rings. The third-order valence-electron chi connectivity index (χ3n) is 1.42. The van der Waals surface area contributed by atoms with Crippen molar-refractivity contribution in [3.8, 4) is 6.07 Å². The van der Waals surface area contributed by atoms with Gasteiger partial charge < -0.3 is 0 Å². The van der Waals surface area contributed by atoms with E-state index in [9.17, 15) is 0 Å². The molecule has 0 spiro atoms. The van der Waals surface area contributed by atoms with Gasteiger partial charge in [0.25, 0.3) is 0 Å². The molecule has 1 nitrogen and oxygen atoms in total. The van der Waals surface area contributed by atoms with Gasteiger partial charge in [-0.1, -0.05) is 23.2 Å². The van der Waals surface area contributed by atoms with Gasteiger partial charge in [0, 0.05) is 15.7 Å². The van der Waals surface area contributed by atoms with Gasteiger partial charge in [-0.15, -0.1) is 23.4 Å². The van der Waals surface area contributed by atoms with Crippen LogP contribution in [0.5, 0.6) is 0 Å². The summed E-state index contributed by atoms with van der Waals surface area (Å²) in [6.07, 6.45) is 0. The van der Waals surface area contributed by atoms with Crippen molar-refractivity contribution < 1.29 is 0 Å². The highest BCUT2D eigenvalue weighted by molar-refractivity contribution is 7.99. The van der Waals surface area contributed by atoms with Crippen molar-refractivity contribution in [3.63, 3.8) is 0 Å². The molecule has 0 radical (unpaired) electrons. The molecule has 0 heterocycles. The number of rotatable bonds is 3. The lowest BCUT2D eigenvalue weighted by Gasteiger charge is -2.04. The summed E-state index contributed by atoms with van der Waals surface area (Å²) in [7, 11) is 0. The van der Waals surface area contributed by atoms with E-state index in [1.807, 2.05) is 12.1 Å². The lowest BCUT2D eigenvalue weighted by molar-refractivity contribution is 1.24. The lowest BCUT2D eigenvalue weighted by Crippen LogP contribution is -1.96. The Morgan fingerprint density at radius 3 is 2.71 bits per heavy atom. The van der Waals surface area contributed by atoms with Crippen molar-refractivity contribution in [1.29, 1.82) is 5.26 Å². The first-order chi connectivity index (χ1) is 6.63. The number of nitrogens with zero attached hydrogens (tertiary/aromatic N) is 1. The van der Waals surface area contributed by atoms with Gasteiger partial charge in [0.2, 0.25) is 0 Å². The molecule has 1 aromatic carbocycles. The third kappa shape index (κ3) is 3.59. The van der Waals surface area contributed by atoms with E-state index in [0.29, 0.717) is 15.8 Å². The quantitative estimate of drug-likeness (QED) is 0.604. The number of halogens is 3. The van der Waals surface area contributed by atoms with Crippen LogP contribution < -0.4 is 0 Å². The summed E-state index contributed by atoms with van der Waals surface area (Å²) < 4.78 is 0. The molecular formula is C9H6Cl3NS. The Morgan fingerprint density at radius 2 is 2.14 bits per heavy atom. The van der Waals surface area contributed by atoms with Crippen LogP contribution in [0.15, 0.2) is 23.1 Å². The molecule has 1 rings (SSSR count). The molecule has 0 aromatic heterocycles. The minimum absolute atomic E-state index is 0.494. The van der Waals surface area contributed by atoms with Gasteiger partial charge in [0.1, 0.15) is 5.38 Å². The smallest absolute Gasteiger partial charge is 0.129 e. The fraction of sp³-hybridized carbons (Fsp3) is 0.222. The van der Waals surface area contributed by atoms with E-state index in [2.05, 4.69) is 0 Å². The fourth-order valence-corrected chi connectivity index (χ4v) is 2.32. The topological polar surface area (TPSA) is 23.8 Å². The van der Waals surface area contributed by atoms with Crippen LogP contribution in [0.3, 0.4) is 0 Å². The summed E-state index contributed by atoms with van der Waals surface area (Å²) in [6.45, 7) is 0. The second kappa shape index (κ2) is 5.72. The molecule has 0 aliphatic carbocycles. The maximum absolute atomic E-state index is 8.48. The van der Waals surface area contributed by atoms with Crippen LogP contribution in [0, 0.1) is 11.3 Å². The van der Waals surface area contributed by atoms with Gasteiger partial charge in [0.05, 0.1) is 11.1 Å². The Hall–Kier alpha value is -0.0700. The van der Waals surface area contributed by atoms with Crippen LogP contribution >= 0.6 is 46.6 Å². The van der Waals surface area contributed by atoms with Crippen LogP contribution in [0.1, 0.15) is 0 Å². The van der Waals surface area contributed by atoms with E-state index in [1.54, 1.807) is 12.1 Å². The number of hydrogen-bond donors (Lipinski definition) is 0. The van der Waals surface area contributed by atoms with Gasteiger partial charge in [-0.2, -0.15) is 5.26 Å². The van der Waals surface area contributed by atoms with Gasteiger partial charge in [-0.05, 0) is 18.2 Å². The molecule has 74 valence electrons. The molecule has 1 atom stereocenters. The highest BCUT2D eigenvalue weighted by atomic mass is 35.5. The second-order valence-electron chi connectivity index (χ2n) is 2.48. The number of hydrogen-bond acceptors (Lipinski definition) is 2. The van der Waals surface area contributed by atoms with Crippen LogP contribution in [0.2, 0.25) is 10.0 Å². The standard InChI is InChI=1S/C9H6Cl3NS/c10-6-1-2-9(8(12)3-6)14-5-7(11)4-13/h1-3,7H,5H2. The van der Waals surface area contributed by atoms with Crippen molar-refractivity contribution in [2.75, 3.05) is 5.75 Å². The van der Waals surface area contributed by atoms with Crippen LogP contribution in [0.4, 0.5) is 0 Å². The molecule has 5 heteroatoms. The monoisotopic (exact) mass is 265 g/mol. The number of benzene rings is 1. The Balaban J connectivity index is 2.64. The summed E-state index contributed by atoms with van der Waals surface area (Å²) in [6, 6.07) is 7.18. The van der Waals surface area contributed by atoms with Gasteiger partial charge >= 0.3 is 0 Å². The van der Waals surface area contributed by atoms with Crippen molar-refractivity contribution in [2.24, 2.45) is 0 Å². The minimum Gasteiger partial charge on any atom is -0.197 e. The number of alkyl halides is 1. The summed E-state index contributed by atoms with van der Waals surface area (Å²) >= 11 is 18.8. The average molecular weight is 267 g/mol. The fourth-order valence-electron chi connectivity index (χ4n) is 0.792. The maximum Gasteiger partial charge on any atom is 0.129 e. The molecule has 0 amide bonds. The Labute approximate surface area is 102 Å². The van der Waals surface area contributed by atoms with Gasteiger partial charge in [0.15, 0.2) is 0 Å². The normalized spacial score (nSPS) is 12.1. The van der Waals surface area contributed by atoms with Gasteiger partial charge in [-0.3, -0.25) is 0 Å². The molecule has 14 heavy (non-hydrogen) atoms. The molecule has 0 bridgehead atoms. The first-order valence-electron chi connectivity index (χ1n) is 3.75. The van der Waals surface area contributed by atoms with Crippen molar-refractivity contribution in [2.45, 2.75) is 10.3 Å². The lowest BCUT2D eigenvalue weighted by atomic mass is 10.4. The van der Waals surface area contributed by atoms with Crippen molar-refractivity contribution >= 4 is 46.6 Å². The summed E-state index contributed by atoms with van der Waals surface area (Å²) in [4.78, 5) is 0.886. The molecule has 1 unspecified atom stereocenters. The van der Waals surface area contributed by atoms with E-state index in [0.717, 1.165) is 4.90 Å². The number of thioether (sulfide) groups is 1. The predicted molar refractivity (Wildman–Crippen MR) is 62.4 cm³/mol. The van der Waals surface area contributed by atoms with E-state index in [1.165, 1.54) is 11.8 Å². The minimum atomic E-state index is -0.494. The summed E-state index contributed by atoms with van der Waals surface area (Å²) in [5.41, 5.74) is 0. The molecule has 0 aliphatic rings. The zero-order chi connectivity index (χ0) is 10.6. The van der Waals surface area contributed by atoms with Crippen LogP contribution in [-0.4, -0.2) is 11.1 Å². The van der Waals surface area contributed by atoms with E-state index in [4.69, 9.17) is 40.1 Å². The molecule has 1 aromatic rings. The predicted octanol–water partition coefficient (Wildman–Crippen LogP) is 4.22. The molecule has 0 saturated carbocycles. The average Bonchev–Trinajstić information content (AvgIpc) is 2.16. The highest BCUT2D eigenvalue weighted by Gasteiger charge is 2.06. The largest absolute Gasteiger partial charge is 0.197 e. The third-order valence-corrected chi connectivity index (χ3v) is 3.68. The SMILES string of the molecule is N#CC(Cl)CSc1ccc(Cl)cc1Cl. The first-order valence-corrected chi connectivity index (χ1v) is 5.93. The number of nitriles is 1. The van der Waals surface area contributed by atoms with E-state index < -0.39 is 5.38 Å². The van der Waals surface area contributed by atoms with Gasteiger partial charge in [-0.25, -0.2) is 0 Å². The zero-order valence-corrected chi connectivity index (χ0v) is 10.1. The van der Waals surface area contributed by atoms with E-state index in [-0.39, 0.29) is 0 Å². The maximum atomic E-state index is 8.48. The summed E-state index contributed by atoms with van der Waals surface area (Å²) in [5, 5.41) is 9.17. The van der Waals surface area contributed by atoms with Crippen LogP contribution in [0.25, 0.3) is 0 Å². The highest BCUT2D eigenvalue weighted by Crippen LogP contribution is 2.30. The second-order valence-corrected chi connectivity index (χ2v) is 4.91. The van der Waals surface area contributed by atoms with Crippen molar-refractivity contribution in [1.82, 2.24) is 0 Å². The molecular weight excluding hydrogens is 261 g/mol. The Morgan fingerprint density at radius 1 is 1.43 bits per heavy atom. The zero-order valence-electron chi connectivity index (χ0n) is 7.01. The van der Waals surface area contributed by atoms with Crippen molar-refractivity contribution in [3.05, 3.63) is 28.2 Å².